The van der Waals surface area contributed by atoms with Crippen molar-refractivity contribution >= 4 is 0 Å². The zero-order valence-corrected chi connectivity index (χ0v) is 18.2. The van der Waals surface area contributed by atoms with E-state index in [1.165, 1.54) is 42.6 Å². The molecule has 1 radical (unpaired) electrons. The third kappa shape index (κ3) is 4.13. The molecular formula is C28H31N2O. The van der Waals surface area contributed by atoms with E-state index in [1.807, 2.05) is 12.1 Å². The molecule has 2 bridgehead atoms. The van der Waals surface area contributed by atoms with Gasteiger partial charge in [-0.3, -0.25) is 4.90 Å². The molecule has 3 aliphatic heterocycles. The van der Waals surface area contributed by atoms with Crippen molar-refractivity contribution in [1.82, 2.24) is 10.2 Å². The average Bonchev–Trinajstić information content (AvgIpc) is 2.85. The van der Waals surface area contributed by atoms with E-state index in [1.54, 1.807) is 7.11 Å². The normalized spacial score (nSPS) is 25.0. The van der Waals surface area contributed by atoms with Crippen molar-refractivity contribution in [3.05, 3.63) is 102 Å². The molecule has 3 fully saturated rings. The van der Waals surface area contributed by atoms with Gasteiger partial charge in [0.1, 0.15) is 5.75 Å². The second-order valence-electron chi connectivity index (χ2n) is 8.81. The minimum absolute atomic E-state index is 0.330. The van der Waals surface area contributed by atoms with Crippen LogP contribution in [0.25, 0.3) is 0 Å². The summed E-state index contributed by atoms with van der Waals surface area (Å²) in [5, 5.41) is 5.38. The fourth-order valence-electron chi connectivity index (χ4n) is 5.66. The maximum absolute atomic E-state index is 5.59. The maximum atomic E-state index is 5.59. The minimum atomic E-state index is 0.330. The molecule has 3 aromatic rings. The van der Waals surface area contributed by atoms with Crippen molar-refractivity contribution in [3.8, 4) is 5.75 Å². The van der Waals surface area contributed by atoms with E-state index in [2.05, 4.69) is 77.7 Å². The molecule has 2 atom stereocenters. The first-order valence-electron chi connectivity index (χ1n) is 11.5. The molecule has 3 nitrogen and oxygen atoms in total. The van der Waals surface area contributed by atoms with E-state index in [0.717, 1.165) is 5.75 Å². The Labute approximate surface area is 186 Å². The Balaban J connectivity index is 1.49. The quantitative estimate of drug-likeness (QED) is 0.541. The van der Waals surface area contributed by atoms with Gasteiger partial charge in [0.25, 0.3) is 0 Å². The van der Waals surface area contributed by atoms with Gasteiger partial charge in [0.15, 0.2) is 0 Å². The lowest BCUT2D eigenvalue weighted by atomic mass is 9.70. The molecule has 0 aromatic heterocycles. The number of benzene rings is 3. The highest BCUT2D eigenvalue weighted by atomic mass is 16.5. The van der Waals surface area contributed by atoms with Crippen LogP contribution in [-0.4, -0.2) is 37.2 Å². The van der Waals surface area contributed by atoms with Crippen molar-refractivity contribution in [2.45, 2.75) is 37.4 Å². The molecule has 159 valence electrons. The molecule has 3 heterocycles. The topological polar surface area (TPSA) is 26.6 Å². The minimum Gasteiger partial charge on any atom is -0.496 e. The van der Waals surface area contributed by atoms with Crippen molar-refractivity contribution in [2.24, 2.45) is 5.92 Å². The number of fused-ring (bicyclic) bond motifs is 3. The number of piperidine rings is 3. The Morgan fingerprint density at radius 1 is 0.839 bits per heavy atom. The Bertz CT molecular complexity index is 927. The van der Waals surface area contributed by atoms with Gasteiger partial charge in [-0.05, 0) is 49.0 Å². The number of methoxy groups -OCH3 is 1. The summed E-state index contributed by atoms with van der Waals surface area (Å²) in [5.41, 5.74) is 3.96. The van der Waals surface area contributed by atoms with E-state index < -0.39 is 0 Å². The van der Waals surface area contributed by atoms with E-state index in [-0.39, 0.29) is 0 Å². The Morgan fingerprint density at radius 2 is 1.42 bits per heavy atom. The van der Waals surface area contributed by atoms with Gasteiger partial charge in [0, 0.05) is 30.1 Å². The first-order chi connectivity index (χ1) is 15.3. The highest BCUT2D eigenvalue weighted by molar-refractivity contribution is 5.37. The van der Waals surface area contributed by atoms with E-state index in [9.17, 15) is 0 Å². The number of hydrogen-bond acceptors (Lipinski definition) is 2. The van der Waals surface area contributed by atoms with E-state index in [4.69, 9.17) is 10.1 Å². The molecule has 0 amide bonds. The third-order valence-corrected chi connectivity index (χ3v) is 7.15. The molecule has 3 saturated heterocycles. The Kier molecular flexibility index (Phi) is 6.06. The molecule has 6 rings (SSSR count). The van der Waals surface area contributed by atoms with Crippen molar-refractivity contribution < 1.29 is 4.74 Å². The van der Waals surface area contributed by atoms with Crippen LogP contribution in [0.5, 0.6) is 5.75 Å². The molecule has 0 aliphatic carbocycles. The van der Waals surface area contributed by atoms with Crippen LogP contribution < -0.4 is 10.1 Å². The zero-order chi connectivity index (χ0) is 21.0. The lowest BCUT2D eigenvalue weighted by molar-refractivity contribution is 0.00305. The molecule has 0 saturated carbocycles. The summed E-state index contributed by atoms with van der Waals surface area (Å²) in [4.78, 5) is 2.71. The summed E-state index contributed by atoms with van der Waals surface area (Å²) >= 11 is 0. The first-order valence-corrected chi connectivity index (χ1v) is 11.5. The SMILES string of the molecule is COc1ccccc1C[N]C1C2CCN(CC2)C1C(c1ccccc1)c1ccccc1. The first kappa shape index (κ1) is 20.3. The predicted octanol–water partition coefficient (Wildman–Crippen LogP) is 5.09. The van der Waals surface area contributed by atoms with Gasteiger partial charge in [-0.15, -0.1) is 0 Å². The van der Waals surface area contributed by atoms with Crippen molar-refractivity contribution in [2.75, 3.05) is 20.2 Å². The van der Waals surface area contributed by atoms with Crippen molar-refractivity contribution in [1.29, 1.82) is 0 Å². The highest BCUT2D eigenvalue weighted by Gasteiger charge is 2.46. The van der Waals surface area contributed by atoms with Crippen LogP contribution in [0, 0.1) is 5.92 Å². The Morgan fingerprint density at radius 3 is 2.03 bits per heavy atom. The van der Waals surface area contributed by atoms with Gasteiger partial charge in [0.05, 0.1) is 7.11 Å². The molecule has 3 aromatic carbocycles. The number of hydrogen-bond donors (Lipinski definition) is 0. The fourth-order valence-corrected chi connectivity index (χ4v) is 5.66. The van der Waals surface area contributed by atoms with Gasteiger partial charge in [-0.25, -0.2) is 5.32 Å². The summed E-state index contributed by atoms with van der Waals surface area (Å²) in [6.45, 7) is 3.09. The van der Waals surface area contributed by atoms with Crippen LogP contribution in [0.1, 0.15) is 35.4 Å². The number of ether oxygens (including phenoxy) is 1. The molecule has 3 heteroatoms. The summed E-state index contributed by atoms with van der Waals surface area (Å²) in [6, 6.07) is 31.1. The predicted molar refractivity (Wildman–Crippen MR) is 125 cm³/mol. The molecule has 0 N–H and O–H groups in total. The maximum Gasteiger partial charge on any atom is 0.123 e. The van der Waals surface area contributed by atoms with Crippen molar-refractivity contribution in [3.63, 3.8) is 0 Å². The number of rotatable bonds is 7. The molecular weight excluding hydrogens is 380 g/mol. The van der Waals surface area contributed by atoms with Gasteiger partial charge in [-0.2, -0.15) is 0 Å². The molecule has 2 unspecified atom stereocenters. The zero-order valence-electron chi connectivity index (χ0n) is 18.2. The molecule has 0 spiro atoms. The lowest BCUT2D eigenvalue weighted by Gasteiger charge is -2.53. The summed E-state index contributed by atoms with van der Waals surface area (Å²) in [7, 11) is 1.75. The fraction of sp³-hybridized carbons (Fsp3) is 0.357. The standard InChI is InChI=1S/C28H31N2O/c1-31-25-15-9-8-14-24(25)20-29-27-23-16-18-30(19-17-23)28(27)26(21-10-4-2-5-11-21)22-12-6-3-7-13-22/h2-15,23,26-28H,16-20H2,1H3. The summed E-state index contributed by atoms with van der Waals surface area (Å²) in [5.74, 6) is 1.93. The summed E-state index contributed by atoms with van der Waals surface area (Å²) < 4.78 is 5.59. The molecule has 31 heavy (non-hydrogen) atoms. The smallest absolute Gasteiger partial charge is 0.123 e. The van der Waals surface area contributed by atoms with Crippen LogP contribution in [0.4, 0.5) is 0 Å². The van der Waals surface area contributed by atoms with Crippen LogP contribution in [0.15, 0.2) is 84.9 Å². The van der Waals surface area contributed by atoms with Gasteiger partial charge in [0.2, 0.25) is 0 Å². The monoisotopic (exact) mass is 411 g/mol. The van der Waals surface area contributed by atoms with E-state index >= 15 is 0 Å². The number of nitrogens with zero attached hydrogens (tertiary/aromatic N) is 2. The lowest BCUT2D eigenvalue weighted by Crippen LogP contribution is -2.62. The van der Waals surface area contributed by atoms with Crippen LogP contribution in [0.2, 0.25) is 0 Å². The van der Waals surface area contributed by atoms with Gasteiger partial charge >= 0.3 is 0 Å². The molecule has 3 aliphatic rings. The number of para-hydroxylation sites is 1. The second kappa shape index (κ2) is 9.25. The van der Waals surface area contributed by atoms with Crippen LogP contribution >= 0.6 is 0 Å². The largest absolute Gasteiger partial charge is 0.496 e. The Hall–Kier alpha value is -2.62. The van der Waals surface area contributed by atoms with Crippen LogP contribution in [-0.2, 0) is 6.54 Å². The third-order valence-electron chi connectivity index (χ3n) is 7.15. The summed E-state index contributed by atoms with van der Waals surface area (Å²) in [6.07, 6.45) is 2.51. The van der Waals surface area contributed by atoms with Gasteiger partial charge in [-0.1, -0.05) is 78.9 Å². The van der Waals surface area contributed by atoms with Crippen LogP contribution in [0.3, 0.4) is 0 Å². The van der Waals surface area contributed by atoms with E-state index in [0.29, 0.717) is 30.5 Å². The van der Waals surface area contributed by atoms with Gasteiger partial charge < -0.3 is 4.74 Å². The average molecular weight is 412 g/mol. The second-order valence-corrected chi connectivity index (χ2v) is 8.81. The highest BCUT2D eigenvalue weighted by Crippen LogP contribution is 2.42.